The number of aromatic carboxylic acids is 1. The van der Waals surface area contributed by atoms with E-state index in [-0.39, 0.29) is 24.4 Å². The van der Waals surface area contributed by atoms with Crippen molar-refractivity contribution in [2.24, 2.45) is 0 Å². The number of nitrogens with one attached hydrogen (secondary N) is 1. The third-order valence-corrected chi connectivity index (χ3v) is 4.83. The Balaban J connectivity index is 1.63. The SMILES string of the molecule is C/C=C/c1ccc2sc(CC(=O)NCc3cccc(C(=O)O)c3)nc2c1. The summed E-state index contributed by atoms with van der Waals surface area (Å²) in [5, 5.41) is 12.6. The number of carbonyl (C=O) groups excluding carboxylic acids is 1. The van der Waals surface area contributed by atoms with Crippen LogP contribution in [0.15, 0.2) is 48.5 Å². The van der Waals surface area contributed by atoms with Crippen LogP contribution in [0.5, 0.6) is 0 Å². The normalized spacial score (nSPS) is 11.1. The lowest BCUT2D eigenvalue weighted by Gasteiger charge is -2.05. The summed E-state index contributed by atoms with van der Waals surface area (Å²) in [6, 6.07) is 12.6. The van der Waals surface area contributed by atoms with Gasteiger partial charge in [-0.2, -0.15) is 0 Å². The highest BCUT2D eigenvalue weighted by atomic mass is 32.1. The second-order valence-corrected chi connectivity index (χ2v) is 6.91. The zero-order chi connectivity index (χ0) is 18.5. The number of carbonyl (C=O) groups is 2. The van der Waals surface area contributed by atoms with Crippen LogP contribution in [0.4, 0.5) is 0 Å². The lowest BCUT2D eigenvalue weighted by atomic mass is 10.1. The van der Waals surface area contributed by atoms with E-state index in [0.717, 1.165) is 26.4 Å². The van der Waals surface area contributed by atoms with E-state index in [0.29, 0.717) is 0 Å². The first-order chi connectivity index (χ1) is 12.5. The van der Waals surface area contributed by atoms with Crippen LogP contribution in [0.3, 0.4) is 0 Å². The van der Waals surface area contributed by atoms with Gasteiger partial charge in [0.15, 0.2) is 0 Å². The van der Waals surface area contributed by atoms with Crippen molar-refractivity contribution in [2.45, 2.75) is 19.9 Å². The van der Waals surface area contributed by atoms with Crippen molar-refractivity contribution in [3.63, 3.8) is 0 Å². The van der Waals surface area contributed by atoms with Crippen molar-refractivity contribution in [1.82, 2.24) is 10.3 Å². The van der Waals surface area contributed by atoms with E-state index in [1.54, 1.807) is 18.2 Å². The highest BCUT2D eigenvalue weighted by Crippen LogP contribution is 2.24. The van der Waals surface area contributed by atoms with Crippen molar-refractivity contribution >= 4 is 39.5 Å². The van der Waals surface area contributed by atoms with E-state index in [2.05, 4.69) is 10.3 Å². The third-order valence-electron chi connectivity index (χ3n) is 3.79. The van der Waals surface area contributed by atoms with Crippen molar-refractivity contribution in [3.05, 3.63) is 70.2 Å². The van der Waals surface area contributed by atoms with Crippen LogP contribution in [-0.2, 0) is 17.8 Å². The number of carboxylic acid groups (broad SMARTS) is 1. The molecular weight excluding hydrogens is 348 g/mol. The van der Waals surface area contributed by atoms with Gasteiger partial charge in [0.05, 0.1) is 22.2 Å². The van der Waals surface area contributed by atoms with Crippen LogP contribution in [-0.4, -0.2) is 22.0 Å². The molecule has 3 rings (SSSR count). The standard InChI is InChI=1S/C20H18N2O3S/c1-2-4-13-7-8-17-16(10-13)22-19(26-17)11-18(23)21-12-14-5-3-6-15(9-14)20(24)25/h2-10H,11-12H2,1H3,(H,21,23)(H,24,25)/b4-2+. The average molecular weight is 366 g/mol. The summed E-state index contributed by atoms with van der Waals surface area (Å²) in [5.74, 6) is -1.12. The number of thiazole rings is 1. The minimum Gasteiger partial charge on any atom is -0.478 e. The molecule has 5 nitrogen and oxygen atoms in total. The number of hydrogen-bond acceptors (Lipinski definition) is 4. The molecule has 0 saturated carbocycles. The van der Waals surface area contributed by atoms with Crippen molar-refractivity contribution in [2.75, 3.05) is 0 Å². The summed E-state index contributed by atoms with van der Waals surface area (Å²) in [6.45, 7) is 2.25. The van der Waals surface area contributed by atoms with Crippen LogP contribution >= 0.6 is 11.3 Å². The van der Waals surface area contributed by atoms with E-state index in [4.69, 9.17) is 5.11 Å². The molecule has 0 aliphatic rings. The molecule has 0 spiro atoms. The zero-order valence-corrected chi connectivity index (χ0v) is 15.0. The van der Waals surface area contributed by atoms with Gasteiger partial charge in [0.25, 0.3) is 0 Å². The molecular formula is C20H18N2O3S. The number of allylic oxidation sites excluding steroid dienone is 1. The zero-order valence-electron chi connectivity index (χ0n) is 14.2. The molecule has 2 aromatic carbocycles. The molecule has 0 radical (unpaired) electrons. The Bertz CT molecular complexity index is 992. The summed E-state index contributed by atoms with van der Waals surface area (Å²) in [4.78, 5) is 27.7. The van der Waals surface area contributed by atoms with Crippen LogP contribution in [0, 0.1) is 0 Å². The molecule has 3 aromatic rings. The fourth-order valence-corrected chi connectivity index (χ4v) is 3.53. The Hall–Kier alpha value is -2.99. The maximum absolute atomic E-state index is 12.2. The highest BCUT2D eigenvalue weighted by molar-refractivity contribution is 7.18. The largest absolute Gasteiger partial charge is 0.478 e. The fourth-order valence-electron chi connectivity index (χ4n) is 2.58. The Kier molecular flexibility index (Phi) is 5.43. The molecule has 132 valence electrons. The van der Waals surface area contributed by atoms with E-state index >= 15 is 0 Å². The summed E-state index contributed by atoms with van der Waals surface area (Å²) < 4.78 is 1.05. The number of rotatable bonds is 6. The first kappa shape index (κ1) is 17.8. The van der Waals surface area contributed by atoms with Gasteiger partial charge in [-0.05, 0) is 42.3 Å². The predicted molar refractivity (Wildman–Crippen MR) is 103 cm³/mol. The smallest absolute Gasteiger partial charge is 0.335 e. The summed E-state index contributed by atoms with van der Waals surface area (Å²) in [5.41, 5.74) is 2.93. The quantitative estimate of drug-likeness (QED) is 0.694. The van der Waals surface area contributed by atoms with Crippen LogP contribution < -0.4 is 5.32 Å². The molecule has 1 aromatic heterocycles. The predicted octanol–water partition coefficient (Wildman–Crippen LogP) is 3.89. The van der Waals surface area contributed by atoms with Gasteiger partial charge in [-0.1, -0.05) is 30.4 Å². The van der Waals surface area contributed by atoms with Crippen LogP contribution in [0.25, 0.3) is 16.3 Å². The number of nitrogens with zero attached hydrogens (tertiary/aromatic N) is 1. The maximum Gasteiger partial charge on any atom is 0.335 e. The molecule has 0 saturated heterocycles. The highest BCUT2D eigenvalue weighted by Gasteiger charge is 2.10. The first-order valence-corrected chi connectivity index (χ1v) is 8.98. The molecule has 6 heteroatoms. The lowest BCUT2D eigenvalue weighted by molar-refractivity contribution is -0.120. The molecule has 1 heterocycles. The van der Waals surface area contributed by atoms with Gasteiger partial charge in [0, 0.05) is 6.54 Å². The van der Waals surface area contributed by atoms with E-state index in [1.807, 2.05) is 37.3 Å². The minimum atomic E-state index is -0.982. The Morgan fingerprint density at radius 1 is 1.23 bits per heavy atom. The van der Waals surface area contributed by atoms with Crippen molar-refractivity contribution < 1.29 is 14.7 Å². The van der Waals surface area contributed by atoms with Gasteiger partial charge in [-0.25, -0.2) is 9.78 Å². The Labute approximate surface area is 155 Å². The van der Waals surface area contributed by atoms with E-state index in [1.165, 1.54) is 17.4 Å². The van der Waals surface area contributed by atoms with E-state index in [9.17, 15) is 9.59 Å². The Morgan fingerprint density at radius 2 is 2.08 bits per heavy atom. The number of benzene rings is 2. The molecule has 26 heavy (non-hydrogen) atoms. The van der Waals surface area contributed by atoms with Gasteiger partial charge < -0.3 is 10.4 Å². The van der Waals surface area contributed by atoms with Gasteiger partial charge in [0.2, 0.25) is 5.91 Å². The molecule has 0 atom stereocenters. The van der Waals surface area contributed by atoms with Crippen LogP contribution in [0.1, 0.15) is 33.4 Å². The third kappa shape index (κ3) is 4.34. The molecule has 0 aliphatic heterocycles. The Morgan fingerprint density at radius 3 is 2.85 bits per heavy atom. The summed E-state index contributed by atoms with van der Waals surface area (Å²) >= 11 is 1.51. The molecule has 0 fully saturated rings. The molecule has 2 N–H and O–H groups in total. The van der Waals surface area contributed by atoms with Crippen molar-refractivity contribution in [3.8, 4) is 0 Å². The minimum absolute atomic E-state index is 0.140. The second kappa shape index (κ2) is 7.93. The number of carboxylic acids is 1. The number of fused-ring (bicyclic) bond motifs is 1. The summed E-state index contributed by atoms with van der Waals surface area (Å²) in [6.07, 6.45) is 4.19. The molecule has 1 amide bonds. The fraction of sp³-hybridized carbons (Fsp3) is 0.150. The van der Waals surface area contributed by atoms with E-state index < -0.39 is 5.97 Å². The van der Waals surface area contributed by atoms with Crippen molar-refractivity contribution in [1.29, 1.82) is 0 Å². The van der Waals surface area contributed by atoms with Gasteiger partial charge in [0.1, 0.15) is 5.01 Å². The molecule has 0 unspecified atom stereocenters. The number of amides is 1. The topological polar surface area (TPSA) is 79.3 Å². The number of hydrogen-bond donors (Lipinski definition) is 2. The number of aromatic nitrogens is 1. The maximum atomic E-state index is 12.2. The van der Waals surface area contributed by atoms with Gasteiger partial charge in [-0.15, -0.1) is 11.3 Å². The average Bonchev–Trinajstić information content (AvgIpc) is 3.02. The lowest BCUT2D eigenvalue weighted by Crippen LogP contribution is -2.24. The van der Waals surface area contributed by atoms with Gasteiger partial charge in [-0.3, -0.25) is 4.79 Å². The molecule has 0 aliphatic carbocycles. The second-order valence-electron chi connectivity index (χ2n) is 5.79. The first-order valence-electron chi connectivity index (χ1n) is 8.16. The van der Waals surface area contributed by atoms with Gasteiger partial charge >= 0.3 is 5.97 Å². The summed E-state index contributed by atoms with van der Waals surface area (Å²) in [7, 11) is 0. The van der Waals surface area contributed by atoms with Crippen LogP contribution in [0.2, 0.25) is 0 Å². The molecule has 0 bridgehead atoms. The monoisotopic (exact) mass is 366 g/mol.